The van der Waals surface area contributed by atoms with Crippen LogP contribution in [0.2, 0.25) is 0 Å². The lowest BCUT2D eigenvalue weighted by Gasteiger charge is -2.07. The molecule has 0 spiro atoms. The van der Waals surface area contributed by atoms with Crippen LogP contribution in [-0.2, 0) is 24.3 Å². The minimum Gasteiger partial charge on any atom is -0.350 e. The van der Waals surface area contributed by atoms with Gasteiger partial charge in [0.25, 0.3) is 0 Å². The van der Waals surface area contributed by atoms with Crippen molar-refractivity contribution < 1.29 is 0 Å². The summed E-state index contributed by atoms with van der Waals surface area (Å²) in [4.78, 5) is 1.38. The number of thioether (sulfide) groups is 2. The summed E-state index contributed by atoms with van der Waals surface area (Å²) in [5, 5.41) is 1.42. The molecule has 1 nitrogen and oxygen atoms in total. The molecule has 0 saturated heterocycles. The maximum Gasteiger partial charge on any atom is 0.0492 e. The van der Waals surface area contributed by atoms with Crippen molar-refractivity contribution in [2.45, 2.75) is 22.2 Å². The number of aromatic nitrogens is 1. The van der Waals surface area contributed by atoms with E-state index < -0.39 is 0 Å². The fourth-order valence-electron chi connectivity index (χ4n) is 3.32. The van der Waals surface area contributed by atoms with Gasteiger partial charge in [-0.3, -0.25) is 0 Å². The van der Waals surface area contributed by atoms with E-state index in [2.05, 4.69) is 96.7 Å². The first-order valence-corrected chi connectivity index (χ1v) is 11.3. The normalized spacial score (nSPS) is 11.1. The monoisotopic (exact) mass is 389 g/mol. The van der Waals surface area contributed by atoms with Gasteiger partial charge >= 0.3 is 0 Å². The highest BCUT2D eigenvalue weighted by Crippen LogP contribution is 2.35. The van der Waals surface area contributed by atoms with E-state index in [0.29, 0.717) is 0 Å². The Kier molecular flexibility index (Phi) is 5.90. The third-order valence-electron chi connectivity index (χ3n) is 4.66. The summed E-state index contributed by atoms with van der Waals surface area (Å²) in [6, 6.07) is 28.1. The predicted octanol–water partition coefficient (Wildman–Crippen LogP) is 6.90. The second-order valence-corrected chi connectivity index (χ2v) is 8.67. The summed E-state index contributed by atoms with van der Waals surface area (Å²) in [5.74, 6) is 3.09. The maximum atomic E-state index is 2.30. The Balaban J connectivity index is 1.53. The number of fused-ring (bicyclic) bond motifs is 1. The minimum absolute atomic E-state index is 1.01. The molecular weight excluding hydrogens is 366 g/mol. The summed E-state index contributed by atoms with van der Waals surface area (Å²) in [5.41, 5.74) is 5.52. The second kappa shape index (κ2) is 8.73. The fraction of sp³-hybridized carbons (Fsp3) is 0.167. The third kappa shape index (κ3) is 4.42. The number of benzene rings is 3. The van der Waals surface area contributed by atoms with Crippen molar-refractivity contribution in [2.75, 3.05) is 0 Å². The number of hydrogen-bond donors (Lipinski definition) is 0. The van der Waals surface area contributed by atoms with Gasteiger partial charge in [0, 0.05) is 46.3 Å². The Morgan fingerprint density at radius 3 is 2.07 bits per heavy atom. The second-order valence-electron chi connectivity index (χ2n) is 6.67. The average Bonchev–Trinajstić information content (AvgIpc) is 3.04. The molecule has 1 aromatic heterocycles. The summed E-state index contributed by atoms with van der Waals surface area (Å²) >= 11 is 3.93. The quantitative estimate of drug-likeness (QED) is 0.317. The number of hydrogen-bond acceptors (Lipinski definition) is 2. The molecule has 0 unspecified atom stereocenters. The first-order chi connectivity index (χ1) is 13.3. The first-order valence-electron chi connectivity index (χ1n) is 9.16. The molecule has 0 N–H and O–H groups in total. The van der Waals surface area contributed by atoms with E-state index in [1.807, 2.05) is 23.5 Å². The average molecular weight is 390 g/mol. The van der Waals surface area contributed by atoms with Crippen molar-refractivity contribution in [2.24, 2.45) is 7.05 Å². The third-order valence-corrected chi connectivity index (χ3v) is 6.84. The van der Waals surface area contributed by atoms with Crippen molar-refractivity contribution >= 4 is 34.4 Å². The van der Waals surface area contributed by atoms with Gasteiger partial charge < -0.3 is 4.57 Å². The first kappa shape index (κ1) is 18.3. The summed E-state index contributed by atoms with van der Waals surface area (Å²) in [6.07, 6.45) is 2.30. The lowest BCUT2D eigenvalue weighted by atomic mass is 10.2. The van der Waals surface area contributed by atoms with Crippen LogP contribution in [0.4, 0.5) is 0 Å². The zero-order valence-corrected chi connectivity index (χ0v) is 17.1. The van der Waals surface area contributed by atoms with Crippen molar-refractivity contribution in [3.05, 3.63) is 102 Å². The van der Waals surface area contributed by atoms with Gasteiger partial charge in [0.1, 0.15) is 0 Å². The van der Waals surface area contributed by atoms with Crippen LogP contribution in [0, 0.1) is 0 Å². The largest absolute Gasteiger partial charge is 0.350 e. The highest BCUT2D eigenvalue weighted by molar-refractivity contribution is 7.98. The molecule has 136 valence electrons. The topological polar surface area (TPSA) is 4.93 Å². The molecule has 0 saturated carbocycles. The van der Waals surface area contributed by atoms with Crippen LogP contribution < -0.4 is 0 Å². The highest BCUT2D eigenvalue weighted by atomic mass is 32.2. The summed E-state index contributed by atoms with van der Waals surface area (Å²) < 4.78 is 2.26. The van der Waals surface area contributed by atoms with E-state index in [1.54, 1.807) is 0 Å². The molecular formula is C24H23NS2. The molecule has 3 aromatic carbocycles. The maximum absolute atomic E-state index is 2.30. The van der Waals surface area contributed by atoms with Crippen LogP contribution in [0.25, 0.3) is 10.9 Å². The van der Waals surface area contributed by atoms with Crippen molar-refractivity contribution in [1.29, 1.82) is 0 Å². The van der Waals surface area contributed by atoms with E-state index in [1.165, 1.54) is 32.5 Å². The summed E-state index contributed by atoms with van der Waals surface area (Å²) in [7, 11) is 2.15. The molecule has 0 radical (unpaired) electrons. The van der Waals surface area contributed by atoms with Gasteiger partial charge in [0.05, 0.1) is 0 Å². The Labute approximate surface area is 169 Å². The Morgan fingerprint density at radius 1 is 0.704 bits per heavy atom. The summed E-state index contributed by atoms with van der Waals surface area (Å²) in [6.45, 7) is 0. The zero-order valence-electron chi connectivity index (χ0n) is 15.5. The fourth-order valence-corrected chi connectivity index (χ4v) is 5.36. The molecule has 3 heteroatoms. The van der Waals surface area contributed by atoms with Gasteiger partial charge in [-0.1, -0.05) is 66.7 Å². The zero-order chi connectivity index (χ0) is 18.5. The van der Waals surface area contributed by atoms with Gasteiger partial charge in [-0.05, 0) is 28.8 Å². The van der Waals surface area contributed by atoms with Crippen LogP contribution in [0.1, 0.15) is 16.7 Å². The molecule has 0 amide bonds. The van der Waals surface area contributed by atoms with Crippen LogP contribution in [-0.4, -0.2) is 4.57 Å². The molecule has 0 aliphatic heterocycles. The Bertz CT molecular complexity index is 1010. The lowest BCUT2D eigenvalue weighted by molar-refractivity contribution is 0.962. The lowest BCUT2D eigenvalue weighted by Crippen LogP contribution is -1.85. The van der Waals surface area contributed by atoms with Gasteiger partial charge in [-0.2, -0.15) is 11.8 Å². The van der Waals surface area contributed by atoms with E-state index in [-0.39, 0.29) is 0 Å². The molecule has 0 atom stereocenters. The van der Waals surface area contributed by atoms with Crippen LogP contribution in [0.3, 0.4) is 0 Å². The highest BCUT2D eigenvalue weighted by Gasteiger charge is 2.11. The molecule has 0 fully saturated rings. The molecule has 0 aliphatic carbocycles. The van der Waals surface area contributed by atoms with Gasteiger partial charge in [-0.15, -0.1) is 11.8 Å². The van der Waals surface area contributed by atoms with E-state index in [0.717, 1.165) is 17.3 Å². The smallest absolute Gasteiger partial charge is 0.0492 e. The number of aryl methyl sites for hydroxylation is 1. The van der Waals surface area contributed by atoms with Crippen molar-refractivity contribution in [1.82, 2.24) is 4.57 Å². The minimum atomic E-state index is 1.01. The molecule has 0 aliphatic rings. The van der Waals surface area contributed by atoms with E-state index >= 15 is 0 Å². The number of rotatable bonds is 7. The molecule has 0 bridgehead atoms. The molecule has 1 heterocycles. The molecule has 4 rings (SSSR count). The predicted molar refractivity (Wildman–Crippen MR) is 120 cm³/mol. The van der Waals surface area contributed by atoms with Crippen LogP contribution in [0.5, 0.6) is 0 Å². The van der Waals surface area contributed by atoms with Crippen molar-refractivity contribution in [3.8, 4) is 0 Å². The Hall–Kier alpha value is -2.10. The molecule has 27 heavy (non-hydrogen) atoms. The van der Waals surface area contributed by atoms with E-state index in [9.17, 15) is 0 Å². The van der Waals surface area contributed by atoms with Crippen LogP contribution >= 0.6 is 23.5 Å². The molecule has 4 aromatic rings. The van der Waals surface area contributed by atoms with Gasteiger partial charge in [0.2, 0.25) is 0 Å². The SMILES string of the molecule is Cn1cc(CSCc2ccccc2)c2c(SCc3ccccc3)cccc21. The van der Waals surface area contributed by atoms with Gasteiger partial charge in [0.15, 0.2) is 0 Å². The van der Waals surface area contributed by atoms with Gasteiger partial charge in [-0.25, -0.2) is 0 Å². The van der Waals surface area contributed by atoms with E-state index in [4.69, 9.17) is 0 Å². The van der Waals surface area contributed by atoms with Crippen molar-refractivity contribution in [3.63, 3.8) is 0 Å². The van der Waals surface area contributed by atoms with Crippen LogP contribution in [0.15, 0.2) is 90.0 Å². The number of nitrogens with zero attached hydrogens (tertiary/aromatic N) is 1. The standard InChI is InChI=1S/C24H23NS2/c1-25-15-21(18-26-16-19-9-4-2-5-10-19)24-22(25)13-8-14-23(24)27-17-20-11-6-3-7-12-20/h2-15H,16-18H2,1H3. The Morgan fingerprint density at radius 2 is 1.37 bits per heavy atom.